The molecular weight excluding hydrogens is 415 g/mol. The van der Waals surface area contributed by atoms with E-state index in [0.29, 0.717) is 33.6 Å². The Kier molecular flexibility index (Phi) is 5.85. The maximum atomic E-state index is 13.9. The van der Waals surface area contributed by atoms with Gasteiger partial charge in [-0.05, 0) is 72.9 Å². The summed E-state index contributed by atoms with van der Waals surface area (Å²) in [5.41, 5.74) is 2.36. The molecule has 6 heteroatoms. The number of alkyl halides is 2. The third-order valence-corrected chi connectivity index (χ3v) is 6.52. The van der Waals surface area contributed by atoms with Gasteiger partial charge in [-0.2, -0.15) is 0 Å². The van der Waals surface area contributed by atoms with Gasteiger partial charge in [0.2, 0.25) is 11.8 Å². The highest BCUT2D eigenvalue weighted by molar-refractivity contribution is 6.33. The fraction of sp³-hybridized carbons (Fsp3) is 0.435. The van der Waals surface area contributed by atoms with Crippen LogP contribution < -0.4 is 5.32 Å². The van der Waals surface area contributed by atoms with Gasteiger partial charge in [0.15, 0.2) is 0 Å². The molecule has 0 saturated heterocycles. The Bertz CT molecular complexity index is 896. The summed E-state index contributed by atoms with van der Waals surface area (Å²) in [6.45, 7) is 0. The van der Waals surface area contributed by atoms with Gasteiger partial charge < -0.3 is 5.32 Å². The minimum absolute atomic E-state index is 0.188. The fourth-order valence-electron chi connectivity index (χ4n) is 4.24. The van der Waals surface area contributed by atoms with E-state index in [2.05, 4.69) is 5.32 Å². The summed E-state index contributed by atoms with van der Waals surface area (Å²) in [4.78, 5) is 13.2. The molecule has 154 valence electrons. The van der Waals surface area contributed by atoms with Crippen molar-refractivity contribution in [2.45, 2.75) is 50.4 Å². The summed E-state index contributed by atoms with van der Waals surface area (Å²) in [5, 5.41) is 3.90. The number of amides is 1. The third-order valence-electron chi connectivity index (χ3n) is 5.93. The number of rotatable bonds is 6. The van der Waals surface area contributed by atoms with Gasteiger partial charge in [0, 0.05) is 17.9 Å². The smallest absolute Gasteiger partial charge is 0.248 e. The van der Waals surface area contributed by atoms with E-state index in [-0.39, 0.29) is 18.7 Å². The first-order valence-electron chi connectivity index (χ1n) is 10.0. The van der Waals surface area contributed by atoms with Crippen molar-refractivity contribution in [1.82, 2.24) is 0 Å². The van der Waals surface area contributed by atoms with Crippen LogP contribution in [0.15, 0.2) is 42.5 Å². The SMILES string of the molecule is O=C(Nc1cc(CC2CC2)ccc1Cl)C(c1ccc(Cl)cc1)C1CCC(F)(F)C1. The second kappa shape index (κ2) is 8.23. The Hall–Kier alpha value is -1.65. The normalized spacial score (nSPS) is 21.7. The summed E-state index contributed by atoms with van der Waals surface area (Å²) in [5.74, 6) is -3.43. The molecule has 0 spiro atoms. The Morgan fingerprint density at radius 2 is 1.83 bits per heavy atom. The van der Waals surface area contributed by atoms with Crippen molar-refractivity contribution >= 4 is 34.8 Å². The van der Waals surface area contributed by atoms with E-state index < -0.39 is 17.8 Å². The van der Waals surface area contributed by atoms with Gasteiger partial charge >= 0.3 is 0 Å². The molecule has 2 fully saturated rings. The van der Waals surface area contributed by atoms with E-state index in [1.807, 2.05) is 12.1 Å². The van der Waals surface area contributed by atoms with Crippen LogP contribution in [0.4, 0.5) is 14.5 Å². The zero-order valence-electron chi connectivity index (χ0n) is 15.9. The minimum atomic E-state index is -2.72. The topological polar surface area (TPSA) is 29.1 Å². The fourth-order valence-corrected chi connectivity index (χ4v) is 4.53. The number of nitrogens with one attached hydrogen (secondary N) is 1. The molecule has 0 heterocycles. The highest BCUT2D eigenvalue weighted by Crippen LogP contribution is 2.46. The summed E-state index contributed by atoms with van der Waals surface area (Å²) < 4.78 is 27.8. The zero-order chi connectivity index (χ0) is 20.6. The van der Waals surface area contributed by atoms with Crippen LogP contribution in [0.1, 0.15) is 49.1 Å². The number of hydrogen-bond acceptors (Lipinski definition) is 1. The molecule has 0 aliphatic heterocycles. The Labute approximate surface area is 179 Å². The number of carbonyl (C=O) groups is 1. The van der Waals surface area contributed by atoms with E-state index in [0.717, 1.165) is 12.0 Å². The second-order valence-corrected chi connectivity index (χ2v) is 9.18. The molecule has 2 saturated carbocycles. The van der Waals surface area contributed by atoms with E-state index in [1.54, 1.807) is 30.3 Å². The number of anilines is 1. The standard InChI is InChI=1S/C23H23Cl2F2NO/c24-18-6-4-16(5-7-18)21(17-9-10-23(26,27)13-17)22(29)28-20-12-15(3-8-19(20)25)11-14-1-2-14/h3-8,12,14,17,21H,1-2,9-11,13H2,(H,28,29). The van der Waals surface area contributed by atoms with Crippen LogP contribution in [0, 0.1) is 11.8 Å². The summed E-state index contributed by atoms with van der Waals surface area (Å²) in [6, 6.07) is 12.5. The highest BCUT2D eigenvalue weighted by atomic mass is 35.5. The van der Waals surface area contributed by atoms with Gasteiger partial charge in [0.25, 0.3) is 0 Å². The first-order valence-corrected chi connectivity index (χ1v) is 10.8. The first kappa shape index (κ1) is 20.6. The molecule has 0 bridgehead atoms. The maximum absolute atomic E-state index is 13.9. The average molecular weight is 438 g/mol. The van der Waals surface area contributed by atoms with Crippen LogP contribution in [0.3, 0.4) is 0 Å². The van der Waals surface area contributed by atoms with Crippen LogP contribution in [-0.4, -0.2) is 11.8 Å². The molecule has 0 aromatic heterocycles. The molecule has 29 heavy (non-hydrogen) atoms. The van der Waals surface area contributed by atoms with Crippen LogP contribution >= 0.6 is 23.2 Å². The van der Waals surface area contributed by atoms with Gasteiger partial charge in [-0.25, -0.2) is 8.78 Å². The summed E-state index contributed by atoms with van der Waals surface area (Å²) >= 11 is 12.3. The Balaban J connectivity index is 1.59. The molecule has 0 radical (unpaired) electrons. The molecule has 2 aromatic carbocycles. The van der Waals surface area contributed by atoms with Gasteiger partial charge in [-0.1, -0.05) is 41.4 Å². The van der Waals surface area contributed by atoms with Gasteiger partial charge in [0.1, 0.15) is 0 Å². The van der Waals surface area contributed by atoms with E-state index in [4.69, 9.17) is 23.2 Å². The molecule has 2 nitrogen and oxygen atoms in total. The van der Waals surface area contributed by atoms with Crippen molar-refractivity contribution in [1.29, 1.82) is 0 Å². The van der Waals surface area contributed by atoms with Crippen LogP contribution in [-0.2, 0) is 11.2 Å². The van der Waals surface area contributed by atoms with E-state index in [1.165, 1.54) is 12.8 Å². The van der Waals surface area contributed by atoms with Crippen molar-refractivity contribution in [2.24, 2.45) is 11.8 Å². The Morgan fingerprint density at radius 3 is 2.45 bits per heavy atom. The summed E-state index contributed by atoms with van der Waals surface area (Å²) in [7, 11) is 0. The number of carbonyl (C=O) groups excluding carboxylic acids is 1. The predicted molar refractivity (Wildman–Crippen MR) is 113 cm³/mol. The largest absolute Gasteiger partial charge is 0.324 e. The lowest BCUT2D eigenvalue weighted by molar-refractivity contribution is -0.118. The first-order chi connectivity index (χ1) is 13.8. The lowest BCUT2D eigenvalue weighted by atomic mass is 9.84. The van der Waals surface area contributed by atoms with Crippen molar-refractivity contribution in [3.63, 3.8) is 0 Å². The molecule has 2 unspecified atom stereocenters. The van der Waals surface area contributed by atoms with Gasteiger partial charge in [-0.15, -0.1) is 0 Å². The van der Waals surface area contributed by atoms with Gasteiger partial charge in [-0.3, -0.25) is 4.79 Å². The lowest BCUT2D eigenvalue weighted by Gasteiger charge is -2.24. The van der Waals surface area contributed by atoms with Crippen LogP contribution in [0.5, 0.6) is 0 Å². The number of benzene rings is 2. The minimum Gasteiger partial charge on any atom is -0.324 e. The molecule has 1 N–H and O–H groups in total. The van der Waals surface area contributed by atoms with E-state index in [9.17, 15) is 13.6 Å². The molecule has 2 aliphatic rings. The quantitative estimate of drug-likeness (QED) is 0.512. The maximum Gasteiger partial charge on any atom is 0.248 e. The van der Waals surface area contributed by atoms with Crippen LogP contribution in [0.25, 0.3) is 0 Å². The lowest BCUT2D eigenvalue weighted by Crippen LogP contribution is -2.27. The van der Waals surface area contributed by atoms with Crippen LogP contribution in [0.2, 0.25) is 10.0 Å². The summed E-state index contributed by atoms with van der Waals surface area (Å²) in [6.07, 6.45) is 3.27. The van der Waals surface area contributed by atoms with Gasteiger partial charge in [0.05, 0.1) is 16.6 Å². The van der Waals surface area contributed by atoms with Crippen molar-refractivity contribution in [3.8, 4) is 0 Å². The molecule has 2 aliphatic carbocycles. The van der Waals surface area contributed by atoms with E-state index >= 15 is 0 Å². The number of hydrogen-bond donors (Lipinski definition) is 1. The molecular formula is C23H23Cl2F2NO. The zero-order valence-corrected chi connectivity index (χ0v) is 17.4. The third kappa shape index (κ3) is 5.10. The molecule has 4 rings (SSSR count). The van der Waals surface area contributed by atoms with Crippen molar-refractivity contribution in [2.75, 3.05) is 5.32 Å². The molecule has 2 atom stereocenters. The Morgan fingerprint density at radius 1 is 1.10 bits per heavy atom. The highest BCUT2D eigenvalue weighted by Gasteiger charge is 2.45. The predicted octanol–water partition coefficient (Wildman–Crippen LogP) is 7.10. The molecule has 2 aromatic rings. The average Bonchev–Trinajstić information content (AvgIpc) is 3.41. The second-order valence-electron chi connectivity index (χ2n) is 8.34. The number of halogens is 4. The van der Waals surface area contributed by atoms with Crippen molar-refractivity contribution < 1.29 is 13.6 Å². The van der Waals surface area contributed by atoms with Crippen molar-refractivity contribution in [3.05, 3.63) is 63.6 Å². The monoisotopic (exact) mass is 437 g/mol. The molecule has 1 amide bonds.